The monoisotopic (exact) mass is 353 g/mol. The van der Waals surface area contributed by atoms with Crippen LogP contribution >= 0.6 is 15.9 Å². The lowest BCUT2D eigenvalue weighted by molar-refractivity contribution is 0.0589. The fourth-order valence-corrected chi connectivity index (χ4v) is 2.31. The van der Waals surface area contributed by atoms with E-state index >= 15 is 0 Å². The molecular weight excluding hydrogens is 330 g/mol. The third-order valence-corrected chi connectivity index (χ3v) is 3.42. The predicted molar refractivity (Wildman–Crippen MR) is 92.7 cm³/mol. The number of rotatable bonds is 3. The van der Waals surface area contributed by atoms with Crippen molar-refractivity contribution < 1.29 is 9.53 Å². The number of carbonyl (C=O) groups is 1. The number of hydrogen-bond donors (Lipinski definition) is 0. The van der Waals surface area contributed by atoms with Crippen LogP contribution in [-0.2, 0) is 4.74 Å². The lowest BCUT2D eigenvalue weighted by Gasteiger charge is -2.26. The van der Waals surface area contributed by atoms with Crippen molar-refractivity contribution in [2.24, 2.45) is 0 Å². The maximum Gasteiger partial charge on any atom is 0.414 e. The minimum Gasteiger partial charge on any atom is -0.443 e. The van der Waals surface area contributed by atoms with Gasteiger partial charge in [0.1, 0.15) is 5.60 Å². The molecule has 1 aromatic rings. The maximum atomic E-state index is 12.3. The van der Waals surface area contributed by atoms with E-state index in [-0.39, 0.29) is 6.09 Å². The Kier molecular flexibility index (Phi) is 6.02. The van der Waals surface area contributed by atoms with Gasteiger partial charge in [-0.25, -0.2) is 4.79 Å². The summed E-state index contributed by atoms with van der Waals surface area (Å²) in [5, 5.41) is 0. The first-order chi connectivity index (χ1) is 9.65. The third kappa shape index (κ3) is 5.20. The van der Waals surface area contributed by atoms with Gasteiger partial charge in [-0.1, -0.05) is 35.0 Å². The molecule has 1 aromatic carbocycles. The van der Waals surface area contributed by atoms with Crippen molar-refractivity contribution in [2.45, 2.75) is 46.6 Å². The summed E-state index contributed by atoms with van der Waals surface area (Å²) in [5.74, 6) is 0. The van der Waals surface area contributed by atoms with Crippen molar-refractivity contribution in [1.29, 1.82) is 0 Å². The first kappa shape index (κ1) is 17.8. The molecule has 3 nitrogen and oxygen atoms in total. The zero-order valence-corrected chi connectivity index (χ0v) is 15.2. The molecule has 0 bridgehead atoms. The molecule has 0 spiro atoms. The van der Waals surface area contributed by atoms with Crippen LogP contribution in [0.4, 0.5) is 10.5 Å². The Morgan fingerprint density at radius 2 is 2.00 bits per heavy atom. The van der Waals surface area contributed by atoms with Crippen LogP contribution in [0.5, 0.6) is 0 Å². The van der Waals surface area contributed by atoms with Gasteiger partial charge in [-0.3, -0.25) is 4.90 Å². The fraction of sp³-hybridized carbons (Fsp3) is 0.471. The highest BCUT2D eigenvalue weighted by molar-refractivity contribution is 9.10. The average molecular weight is 354 g/mol. The summed E-state index contributed by atoms with van der Waals surface area (Å²) in [7, 11) is 1.73. The Bertz CT molecular complexity index is 544. The van der Waals surface area contributed by atoms with E-state index in [4.69, 9.17) is 4.74 Å². The minimum atomic E-state index is -0.508. The molecule has 0 saturated heterocycles. The summed E-state index contributed by atoms with van der Waals surface area (Å²) in [5.41, 5.74) is 2.51. The largest absolute Gasteiger partial charge is 0.443 e. The Morgan fingerprint density at radius 3 is 2.52 bits per heavy atom. The van der Waals surface area contributed by atoms with Gasteiger partial charge in [-0.15, -0.1) is 0 Å². The lowest BCUT2D eigenvalue weighted by atomic mass is 10.0. The highest BCUT2D eigenvalue weighted by atomic mass is 79.9. The Labute approximate surface area is 136 Å². The van der Waals surface area contributed by atoms with Gasteiger partial charge in [0.2, 0.25) is 0 Å². The van der Waals surface area contributed by atoms with E-state index in [0.717, 1.165) is 27.7 Å². The van der Waals surface area contributed by atoms with E-state index < -0.39 is 5.60 Å². The fourth-order valence-electron chi connectivity index (χ4n) is 1.96. The Balaban J connectivity index is 3.19. The molecule has 0 N–H and O–H groups in total. The minimum absolute atomic E-state index is 0.355. The van der Waals surface area contributed by atoms with Crippen molar-refractivity contribution in [1.82, 2.24) is 0 Å². The van der Waals surface area contributed by atoms with Crippen molar-refractivity contribution in [3.8, 4) is 0 Å². The average Bonchev–Trinajstić information content (AvgIpc) is 2.35. The Morgan fingerprint density at radius 1 is 1.38 bits per heavy atom. The standard InChI is InChI=1S/C17H24BrNO2/c1-7-8-12(2)14-10-9-13(18)11-15(14)19(6)16(20)21-17(3,4)5/h8-11H,7H2,1-6H3. The summed E-state index contributed by atoms with van der Waals surface area (Å²) in [6.45, 7) is 9.74. The smallest absolute Gasteiger partial charge is 0.414 e. The van der Waals surface area contributed by atoms with E-state index in [1.807, 2.05) is 39.0 Å². The summed E-state index contributed by atoms with van der Waals surface area (Å²) in [4.78, 5) is 13.8. The van der Waals surface area contributed by atoms with Crippen LogP contribution in [-0.4, -0.2) is 18.7 Å². The van der Waals surface area contributed by atoms with Gasteiger partial charge in [0.05, 0.1) is 5.69 Å². The molecule has 0 heterocycles. The molecule has 0 saturated carbocycles. The predicted octanol–water partition coefficient (Wildman–Crippen LogP) is 5.63. The summed E-state index contributed by atoms with van der Waals surface area (Å²) in [6.07, 6.45) is 2.75. The number of benzene rings is 1. The topological polar surface area (TPSA) is 29.5 Å². The summed E-state index contributed by atoms with van der Waals surface area (Å²) >= 11 is 3.47. The number of allylic oxidation sites excluding steroid dienone is 2. The van der Waals surface area contributed by atoms with Gasteiger partial charge in [0.25, 0.3) is 0 Å². The molecule has 4 heteroatoms. The molecule has 21 heavy (non-hydrogen) atoms. The number of ether oxygens (including phenoxy) is 1. The SMILES string of the molecule is CCC=C(C)c1ccc(Br)cc1N(C)C(=O)OC(C)(C)C. The van der Waals surface area contributed by atoms with Crippen LogP contribution in [0.1, 0.15) is 46.6 Å². The molecule has 0 aliphatic rings. The zero-order valence-electron chi connectivity index (χ0n) is 13.7. The van der Waals surface area contributed by atoms with Crippen LogP contribution in [0.3, 0.4) is 0 Å². The molecule has 0 atom stereocenters. The normalized spacial score (nSPS) is 12.2. The number of carbonyl (C=O) groups excluding carboxylic acids is 1. The second-order valence-corrected chi connectivity index (χ2v) is 6.91. The molecule has 116 valence electrons. The number of amides is 1. The van der Waals surface area contributed by atoms with Gasteiger partial charge in [0, 0.05) is 17.1 Å². The second-order valence-electron chi connectivity index (χ2n) is 6.00. The van der Waals surface area contributed by atoms with Crippen molar-refractivity contribution in [3.63, 3.8) is 0 Å². The number of halogens is 1. The van der Waals surface area contributed by atoms with Gasteiger partial charge in [-0.2, -0.15) is 0 Å². The van der Waals surface area contributed by atoms with E-state index in [1.165, 1.54) is 0 Å². The summed E-state index contributed by atoms with van der Waals surface area (Å²) < 4.78 is 6.37. The highest BCUT2D eigenvalue weighted by Gasteiger charge is 2.22. The molecule has 0 aliphatic heterocycles. The molecule has 1 amide bonds. The van der Waals surface area contributed by atoms with E-state index in [1.54, 1.807) is 11.9 Å². The van der Waals surface area contributed by atoms with Crippen LogP contribution in [0.25, 0.3) is 5.57 Å². The van der Waals surface area contributed by atoms with Gasteiger partial charge >= 0.3 is 6.09 Å². The van der Waals surface area contributed by atoms with E-state index in [9.17, 15) is 4.79 Å². The second kappa shape index (κ2) is 7.12. The molecule has 0 fully saturated rings. The van der Waals surface area contributed by atoms with Gasteiger partial charge < -0.3 is 4.74 Å². The third-order valence-electron chi connectivity index (χ3n) is 2.92. The van der Waals surface area contributed by atoms with E-state index in [2.05, 4.69) is 35.9 Å². The molecule has 0 aromatic heterocycles. The highest BCUT2D eigenvalue weighted by Crippen LogP contribution is 2.30. The first-order valence-electron chi connectivity index (χ1n) is 7.09. The maximum absolute atomic E-state index is 12.3. The van der Waals surface area contributed by atoms with Crippen molar-refractivity contribution in [2.75, 3.05) is 11.9 Å². The number of nitrogens with zero attached hydrogens (tertiary/aromatic N) is 1. The molecule has 0 radical (unpaired) electrons. The van der Waals surface area contributed by atoms with Gasteiger partial charge in [0.15, 0.2) is 0 Å². The molecule has 0 aliphatic carbocycles. The number of hydrogen-bond acceptors (Lipinski definition) is 2. The van der Waals surface area contributed by atoms with Crippen LogP contribution in [0.15, 0.2) is 28.7 Å². The lowest BCUT2D eigenvalue weighted by Crippen LogP contribution is -2.34. The Hall–Kier alpha value is -1.29. The van der Waals surface area contributed by atoms with Gasteiger partial charge in [-0.05, 0) is 51.8 Å². The summed E-state index contributed by atoms with van der Waals surface area (Å²) in [6, 6.07) is 5.93. The molecule has 0 unspecified atom stereocenters. The zero-order chi connectivity index (χ0) is 16.2. The molecule has 1 rings (SSSR count). The van der Waals surface area contributed by atoms with Crippen LogP contribution in [0, 0.1) is 0 Å². The quantitative estimate of drug-likeness (QED) is 0.704. The van der Waals surface area contributed by atoms with Crippen LogP contribution in [0.2, 0.25) is 0 Å². The van der Waals surface area contributed by atoms with Crippen molar-refractivity contribution >= 4 is 33.3 Å². The molecular formula is C17H24BrNO2. The van der Waals surface area contributed by atoms with Crippen LogP contribution < -0.4 is 4.90 Å². The van der Waals surface area contributed by atoms with E-state index in [0.29, 0.717) is 0 Å². The first-order valence-corrected chi connectivity index (χ1v) is 7.88. The number of anilines is 1. The van der Waals surface area contributed by atoms with Crippen molar-refractivity contribution in [3.05, 3.63) is 34.3 Å².